The van der Waals surface area contributed by atoms with E-state index in [0.717, 1.165) is 11.3 Å². The highest BCUT2D eigenvalue weighted by molar-refractivity contribution is 7.45. The summed E-state index contributed by atoms with van der Waals surface area (Å²) in [4.78, 5) is 25.5. The Kier molecular flexibility index (Phi) is 6.14. The van der Waals surface area contributed by atoms with Gasteiger partial charge in [-0.05, 0) is 17.7 Å². The molecule has 0 unspecified atom stereocenters. The summed E-state index contributed by atoms with van der Waals surface area (Å²) in [5, 5.41) is 0. The predicted octanol–water partition coefficient (Wildman–Crippen LogP) is 1.31. The van der Waals surface area contributed by atoms with E-state index in [2.05, 4.69) is 4.98 Å². The first-order valence-corrected chi connectivity index (χ1v) is 7.07. The fourth-order valence-corrected chi connectivity index (χ4v) is 1.22. The number of anilines is 1. The molecule has 7 nitrogen and oxygen atoms in total. The minimum atomic E-state index is -4.64. The van der Waals surface area contributed by atoms with E-state index in [1.165, 1.54) is 0 Å². The van der Waals surface area contributed by atoms with Crippen LogP contribution in [0.1, 0.15) is 5.56 Å². The van der Waals surface area contributed by atoms with E-state index in [0.29, 0.717) is 12.4 Å². The lowest BCUT2D eigenvalue weighted by molar-refractivity contribution is 0.275. The summed E-state index contributed by atoms with van der Waals surface area (Å²) in [7, 11) is -4.64. The SMILES string of the molecule is Nc1ccc(OCc2ccccc2)cn1.O=P(O)(O)O. The van der Waals surface area contributed by atoms with Crippen molar-refractivity contribution < 1.29 is 24.0 Å². The summed E-state index contributed by atoms with van der Waals surface area (Å²) in [6, 6.07) is 13.5. The molecular weight excluding hydrogens is 283 g/mol. The Morgan fingerprint density at radius 3 is 2.20 bits per heavy atom. The number of hydrogen-bond donors (Lipinski definition) is 4. The molecule has 8 heteroatoms. The Morgan fingerprint density at radius 2 is 1.70 bits per heavy atom. The van der Waals surface area contributed by atoms with Gasteiger partial charge in [0.05, 0.1) is 6.20 Å². The third-order valence-corrected chi connectivity index (χ3v) is 2.01. The molecule has 20 heavy (non-hydrogen) atoms. The molecule has 0 spiro atoms. The molecule has 0 bridgehead atoms. The molecule has 0 aliphatic heterocycles. The molecule has 0 amide bonds. The summed E-state index contributed by atoms with van der Waals surface area (Å²) < 4.78 is 14.4. The number of nitrogens with zero attached hydrogens (tertiary/aromatic N) is 1. The van der Waals surface area contributed by atoms with E-state index < -0.39 is 7.82 Å². The van der Waals surface area contributed by atoms with Crippen LogP contribution in [0.25, 0.3) is 0 Å². The molecule has 5 N–H and O–H groups in total. The lowest BCUT2D eigenvalue weighted by Crippen LogP contribution is -1.96. The summed E-state index contributed by atoms with van der Waals surface area (Å²) in [6.07, 6.45) is 1.62. The van der Waals surface area contributed by atoms with Crippen molar-refractivity contribution in [3.8, 4) is 5.75 Å². The van der Waals surface area contributed by atoms with Crippen molar-refractivity contribution in [1.29, 1.82) is 0 Å². The monoisotopic (exact) mass is 298 g/mol. The zero-order valence-electron chi connectivity index (χ0n) is 10.5. The molecule has 1 aromatic heterocycles. The van der Waals surface area contributed by atoms with Crippen molar-refractivity contribution in [1.82, 2.24) is 4.98 Å². The van der Waals surface area contributed by atoms with Gasteiger partial charge in [-0.15, -0.1) is 0 Å². The van der Waals surface area contributed by atoms with Gasteiger partial charge < -0.3 is 25.2 Å². The normalized spacial score (nSPS) is 10.3. The molecule has 1 heterocycles. The summed E-state index contributed by atoms with van der Waals surface area (Å²) in [5.74, 6) is 1.23. The molecule has 0 radical (unpaired) electrons. The van der Waals surface area contributed by atoms with Crippen LogP contribution in [0.2, 0.25) is 0 Å². The van der Waals surface area contributed by atoms with Gasteiger partial charge in [-0.2, -0.15) is 0 Å². The average Bonchev–Trinajstić information content (AvgIpc) is 2.37. The van der Waals surface area contributed by atoms with Crippen molar-refractivity contribution in [3.05, 3.63) is 54.2 Å². The molecule has 0 atom stereocenters. The van der Waals surface area contributed by atoms with Crippen molar-refractivity contribution >= 4 is 13.6 Å². The second-order valence-corrected chi connectivity index (χ2v) is 4.73. The molecule has 0 fully saturated rings. The maximum atomic E-state index is 8.88. The summed E-state index contributed by atoms with van der Waals surface area (Å²) >= 11 is 0. The number of rotatable bonds is 3. The second-order valence-electron chi connectivity index (χ2n) is 3.71. The average molecular weight is 298 g/mol. The van der Waals surface area contributed by atoms with Crippen LogP contribution in [0.15, 0.2) is 48.7 Å². The fourth-order valence-electron chi connectivity index (χ4n) is 1.22. The molecule has 108 valence electrons. The summed E-state index contributed by atoms with van der Waals surface area (Å²) in [5.41, 5.74) is 6.60. The minimum Gasteiger partial charge on any atom is -0.487 e. The number of phosphoric acid groups is 1. The van der Waals surface area contributed by atoms with Crippen molar-refractivity contribution in [3.63, 3.8) is 0 Å². The van der Waals surface area contributed by atoms with Crippen LogP contribution in [0.3, 0.4) is 0 Å². The maximum absolute atomic E-state index is 8.88. The van der Waals surface area contributed by atoms with Gasteiger partial charge in [0.2, 0.25) is 0 Å². The van der Waals surface area contributed by atoms with Gasteiger partial charge in [-0.25, -0.2) is 9.55 Å². The van der Waals surface area contributed by atoms with Crippen LogP contribution >= 0.6 is 7.82 Å². The van der Waals surface area contributed by atoms with Crippen LogP contribution in [0.4, 0.5) is 5.82 Å². The molecule has 1 aromatic carbocycles. The Hall–Kier alpha value is -1.92. The Bertz CT molecular complexity index is 548. The number of nitrogens with two attached hydrogens (primary N) is 1. The van der Waals surface area contributed by atoms with Gasteiger partial charge in [-0.1, -0.05) is 30.3 Å². The first kappa shape index (κ1) is 16.1. The molecule has 2 aromatic rings. The van der Waals surface area contributed by atoms with Crippen LogP contribution in [0, 0.1) is 0 Å². The lowest BCUT2D eigenvalue weighted by atomic mass is 10.2. The maximum Gasteiger partial charge on any atom is 0.466 e. The Balaban J connectivity index is 0.000000347. The Morgan fingerprint density at radius 1 is 1.10 bits per heavy atom. The van der Waals surface area contributed by atoms with Gasteiger partial charge in [0.1, 0.15) is 18.2 Å². The van der Waals surface area contributed by atoms with Gasteiger partial charge in [0.25, 0.3) is 0 Å². The van der Waals surface area contributed by atoms with Crippen LogP contribution in [0.5, 0.6) is 5.75 Å². The van der Waals surface area contributed by atoms with Gasteiger partial charge in [-0.3, -0.25) is 0 Å². The smallest absolute Gasteiger partial charge is 0.466 e. The molecule has 0 saturated carbocycles. The first-order chi connectivity index (χ1) is 9.34. The van der Waals surface area contributed by atoms with E-state index in [1.54, 1.807) is 12.3 Å². The highest BCUT2D eigenvalue weighted by atomic mass is 31.2. The zero-order chi connectivity index (χ0) is 15.0. The number of ether oxygens (including phenoxy) is 1. The fraction of sp³-hybridized carbons (Fsp3) is 0.0833. The molecule has 0 saturated heterocycles. The predicted molar refractivity (Wildman–Crippen MR) is 73.7 cm³/mol. The van der Waals surface area contributed by atoms with Crippen molar-refractivity contribution in [2.45, 2.75) is 6.61 Å². The standard InChI is InChI=1S/C12H12N2O.H3O4P/c13-12-7-6-11(8-14-12)15-9-10-4-2-1-3-5-10;1-5(2,3)4/h1-8H,9H2,(H2,13,14);(H3,1,2,3,4). The number of nitrogen functional groups attached to an aromatic ring is 1. The lowest BCUT2D eigenvalue weighted by Gasteiger charge is -2.05. The molecule has 0 aliphatic rings. The largest absolute Gasteiger partial charge is 0.487 e. The number of hydrogen-bond acceptors (Lipinski definition) is 4. The molecule has 2 rings (SSSR count). The number of aromatic nitrogens is 1. The van der Waals surface area contributed by atoms with Crippen molar-refractivity contribution in [2.24, 2.45) is 0 Å². The first-order valence-electron chi connectivity index (χ1n) is 5.51. The van der Waals surface area contributed by atoms with E-state index in [-0.39, 0.29) is 0 Å². The van der Waals surface area contributed by atoms with E-state index in [4.69, 9.17) is 29.7 Å². The van der Waals surface area contributed by atoms with E-state index in [9.17, 15) is 0 Å². The van der Waals surface area contributed by atoms with Gasteiger partial charge in [0, 0.05) is 0 Å². The van der Waals surface area contributed by atoms with E-state index >= 15 is 0 Å². The van der Waals surface area contributed by atoms with Crippen LogP contribution < -0.4 is 10.5 Å². The highest BCUT2D eigenvalue weighted by Gasteiger charge is 2.00. The van der Waals surface area contributed by atoms with E-state index in [1.807, 2.05) is 36.4 Å². The van der Waals surface area contributed by atoms with Crippen LogP contribution in [-0.2, 0) is 11.2 Å². The highest BCUT2D eigenvalue weighted by Crippen LogP contribution is 2.25. The number of pyridine rings is 1. The minimum absolute atomic E-state index is 0.502. The third kappa shape index (κ3) is 8.23. The Labute approximate surface area is 115 Å². The van der Waals surface area contributed by atoms with Crippen molar-refractivity contribution in [2.75, 3.05) is 5.73 Å². The molecular formula is C12H15N2O5P. The summed E-state index contributed by atoms with van der Waals surface area (Å²) in [6.45, 7) is 0.548. The topological polar surface area (TPSA) is 126 Å². The quantitative estimate of drug-likeness (QED) is 0.629. The van der Waals surface area contributed by atoms with Crippen LogP contribution in [-0.4, -0.2) is 19.7 Å². The molecule has 0 aliphatic carbocycles. The van der Waals surface area contributed by atoms with Gasteiger partial charge >= 0.3 is 7.82 Å². The second kappa shape index (κ2) is 7.62. The third-order valence-electron chi connectivity index (χ3n) is 2.01. The van der Waals surface area contributed by atoms with Gasteiger partial charge in [0.15, 0.2) is 0 Å². The zero-order valence-corrected chi connectivity index (χ0v) is 11.4. The number of benzene rings is 1.